The van der Waals surface area contributed by atoms with E-state index in [-0.39, 0.29) is 12.3 Å². The minimum Gasteiger partial charge on any atom is -0.326 e. The fourth-order valence-electron chi connectivity index (χ4n) is 2.80. The predicted octanol–water partition coefficient (Wildman–Crippen LogP) is 4.29. The van der Waals surface area contributed by atoms with E-state index >= 15 is 0 Å². The fourth-order valence-corrected chi connectivity index (χ4v) is 3.59. The molecule has 0 bridgehead atoms. The van der Waals surface area contributed by atoms with Crippen LogP contribution >= 0.6 is 11.8 Å². The van der Waals surface area contributed by atoms with Crippen molar-refractivity contribution in [3.8, 4) is 0 Å². The highest BCUT2D eigenvalue weighted by atomic mass is 32.2. The number of H-pyrrole nitrogens is 1. The third kappa shape index (κ3) is 5.89. The number of carbonyl (C=O) groups excluding carboxylic acids is 1. The first-order chi connectivity index (χ1) is 15.0. The fraction of sp³-hybridized carbons (Fsp3) is 0.136. The Morgan fingerprint density at radius 1 is 1.00 bits per heavy atom. The maximum atomic E-state index is 12.2. The molecule has 4 rings (SSSR count). The van der Waals surface area contributed by atoms with Gasteiger partial charge in [-0.3, -0.25) is 9.89 Å². The summed E-state index contributed by atoms with van der Waals surface area (Å²) < 4.78 is 0. The monoisotopic (exact) mass is 431 g/mol. The molecule has 2 aromatic carbocycles. The maximum Gasteiger partial charge on any atom is 0.232 e. The predicted molar refractivity (Wildman–Crippen MR) is 121 cm³/mol. The van der Waals surface area contributed by atoms with Gasteiger partial charge in [-0.05, 0) is 49.9 Å². The van der Waals surface area contributed by atoms with E-state index in [0.29, 0.717) is 28.4 Å². The Morgan fingerprint density at radius 3 is 2.55 bits per heavy atom. The van der Waals surface area contributed by atoms with Crippen LogP contribution in [0.3, 0.4) is 0 Å². The second kappa shape index (κ2) is 9.40. The molecule has 2 aromatic heterocycles. The van der Waals surface area contributed by atoms with E-state index in [1.807, 2.05) is 56.3 Å². The zero-order valence-electron chi connectivity index (χ0n) is 17.1. The van der Waals surface area contributed by atoms with Gasteiger partial charge in [-0.25, -0.2) is 4.98 Å². The molecule has 9 heteroatoms. The van der Waals surface area contributed by atoms with Crippen LogP contribution in [0, 0.1) is 13.8 Å². The number of nitrogens with one attached hydrogen (secondary N) is 3. The van der Waals surface area contributed by atoms with Crippen molar-refractivity contribution < 1.29 is 4.79 Å². The van der Waals surface area contributed by atoms with Crippen LogP contribution in [0.25, 0.3) is 0 Å². The smallest absolute Gasteiger partial charge is 0.232 e. The minimum atomic E-state index is -0.130. The molecular weight excluding hydrogens is 410 g/mol. The molecular formula is C22H21N7OS. The average molecular weight is 432 g/mol. The molecule has 0 aliphatic heterocycles. The first-order valence-electron chi connectivity index (χ1n) is 9.67. The molecule has 1 amide bonds. The summed E-state index contributed by atoms with van der Waals surface area (Å²) in [4.78, 5) is 26.5. The number of para-hydroxylation sites is 1. The Hall–Kier alpha value is -3.72. The number of hydrogen-bond acceptors (Lipinski definition) is 7. The van der Waals surface area contributed by atoms with Crippen LogP contribution in [0.15, 0.2) is 70.7 Å². The average Bonchev–Trinajstić information content (AvgIpc) is 3.16. The number of carbonyl (C=O) groups is 1. The van der Waals surface area contributed by atoms with E-state index in [1.165, 1.54) is 17.3 Å². The van der Waals surface area contributed by atoms with Crippen LogP contribution in [0.4, 0.5) is 17.5 Å². The Labute approximate surface area is 184 Å². The van der Waals surface area contributed by atoms with E-state index in [1.54, 1.807) is 6.07 Å². The summed E-state index contributed by atoms with van der Waals surface area (Å²) in [6, 6.07) is 19.3. The normalized spacial score (nSPS) is 10.6. The molecule has 8 nitrogen and oxygen atoms in total. The number of aryl methyl sites for hydroxylation is 2. The summed E-state index contributed by atoms with van der Waals surface area (Å²) in [5, 5.41) is 13.6. The van der Waals surface area contributed by atoms with Gasteiger partial charge in [0, 0.05) is 22.3 Å². The van der Waals surface area contributed by atoms with Crippen molar-refractivity contribution >= 4 is 35.1 Å². The van der Waals surface area contributed by atoms with Crippen LogP contribution in [0.1, 0.15) is 17.1 Å². The summed E-state index contributed by atoms with van der Waals surface area (Å²) in [7, 11) is 0. The number of hydrogen-bond donors (Lipinski definition) is 3. The second-order valence-electron chi connectivity index (χ2n) is 6.90. The van der Waals surface area contributed by atoms with E-state index < -0.39 is 0 Å². The Morgan fingerprint density at radius 2 is 1.77 bits per heavy atom. The first-order valence-corrected chi connectivity index (χ1v) is 10.5. The largest absolute Gasteiger partial charge is 0.326 e. The molecule has 0 radical (unpaired) electrons. The van der Waals surface area contributed by atoms with Crippen LogP contribution in [0.5, 0.6) is 0 Å². The molecule has 0 spiro atoms. The van der Waals surface area contributed by atoms with Gasteiger partial charge < -0.3 is 10.6 Å². The van der Waals surface area contributed by atoms with Crippen molar-refractivity contribution in [1.82, 2.24) is 25.1 Å². The maximum absolute atomic E-state index is 12.2. The van der Waals surface area contributed by atoms with Crippen LogP contribution in [0.2, 0.25) is 0 Å². The summed E-state index contributed by atoms with van der Waals surface area (Å²) in [5.41, 5.74) is 2.63. The van der Waals surface area contributed by atoms with Crippen molar-refractivity contribution in [2.45, 2.75) is 30.3 Å². The lowest BCUT2D eigenvalue weighted by molar-refractivity contribution is -0.115. The molecule has 0 fully saturated rings. The van der Waals surface area contributed by atoms with E-state index in [9.17, 15) is 4.79 Å². The molecule has 156 valence electrons. The lowest BCUT2D eigenvalue weighted by Gasteiger charge is -2.05. The number of anilines is 3. The molecule has 0 unspecified atom stereocenters. The summed E-state index contributed by atoms with van der Waals surface area (Å²) in [6.07, 6.45) is 0.175. The first kappa shape index (κ1) is 20.5. The van der Waals surface area contributed by atoms with Gasteiger partial charge >= 0.3 is 0 Å². The molecule has 3 N–H and O–H groups in total. The SMILES string of the molecule is Cc1ccc(Sc2nc(C)nc(Nc3cc(CC(=O)Nc4ccccc4)[nH]n3)n2)cc1. The number of amides is 1. The highest BCUT2D eigenvalue weighted by Gasteiger charge is 2.10. The lowest BCUT2D eigenvalue weighted by atomic mass is 10.2. The van der Waals surface area contributed by atoms with Gasteiger partial charge in [0.05, 0.1) is 6.42 Å². The highest BCUT2D eigenvalue weighted by molar-refractivity contribution is 7.99. The highest BCUT2D eigenvalue weighted by Crippen LogP contribution is 2.26. The Kier molecular flexibility index (Phi) is 6.23. The summed E-state index contributed by atoms with van der Waals surface area (Å²) >= 11 is 1.47. The number of rotatable bonds is 7. The second-order valence-corrected chi connectivity index (χ2v) is 7.94. The van der Waals surface area contributed by atoms with Gasteiger partial charge in [0.25, 0.3) is 0 Å². The third-order valence-corrected chi connectivity index (χ3v) is 5.11. The zero-order valence-corrected chi connectivity index (χ0v) is 17.9. The molecule has 0 atom stereocenters. The number of nitrogens with zero attached hydrogens (tertiary/aromatic N) is 4. The van der Waals surface area contributed by atoms with Gasteiger partial charge in [-0.1, -0.05) is 35.9 Å². The minimum absolute atomic E-state index is 0.130. The molecule has 0 saturated carbocycles. The molecule has 0 aliphatic carbocycles. The van der Waals surface area contributed by atoms with Gasteiger partial charge in [-0.15, -0.1) is 0 Å². The number of aromatic nitrogens is 5. The van der Waals surface area contributed by atoms with Crippen LogP contribution in [-0.4, -0.2) is 31.1 Å². The summed E-state index contributed by atoms with van der Waals surface area (Å²) in [5.74, 6) is 1.40. The van der Waals surface area contributed by atoms with Crippen LogP contribution < -0.4 is 10.6 Å². The van der Waals surface area contributed by atoms with Crippen LogP contribution in [-0.2, 0) is 11.2 Å². The third-order valence-electron chi connectivity index (χ3n) is 4.24. The molecule has 31 heavy (non-hydrogen) atoms. The number of aromatic amines is 1. The van der Waals surface area contributed by atoms with Crippen molar-refractivity contribution in [1.29, 1.82) is 0 Å². The van der Waals surface area contributed by atoms with E-state index in [2.05, 4.69) is 47.9 Å². The molecule has 0 aliphatic rings. The van der Waals surface area contributed by atoms with E-state index in [0.717, 1.165) is 10.6 Å². The van der Waals surface area contributed by atoms with Gasteiger partial charge in [0.15, 0.2) is 11.0 Å². The lowest BCUT2D eigenvalue weighted by Crippen LogP contribution is -2.14. The topological polar surface area (TPSA) is 108 Å². The van der Waals surface area contributed by atoms with E-state index in [4.69, 9.17) is 0 Å². The Bertz CT molecular complexity index is 1180. The Balaban J connectivity index is 1.40. The summed E-state index contributed by atoms with van der Waals surface area (Å²) in [6.45, 7) is 3.86. The van der Waals surface area contributed by atoms with Crippen molar-refractivity contribution in [2.24, 2.45) is 0 Å². The van der Waals surface area contributed by atoms with Gasteiger partial charge in [0.1, 0.15) is 5.82 Å². The molecule has 2 heterocycles. The van der Waals surface area contributed by atoms with Crippen molar-refractivity contribution in [3.05, 3.63) is 77.7 Å². The number of benzene rings is 2. The standard InChI is InChI=1S/C22H21N7OS/c1-14-8-10-18(11-9-14)31-22-24-15(2)23-21(27-22)26-19-12-17(28-29-19)13-20(30)25-16-6-4-3-5-7-16/h3-12H,13H2,1-2H3,(H,25,30)(H2,23,24,26,27,28,29). The molecule has 0 saturated heterocycles. The van der Waals surface area contributed by atoms with Gasteiger partial charge in [-0.2, -0.15) is 15.1 Å². The molecule has 4 aromatic rings. The quantitative estimate of drug-likeness (QED) is 0.401. The van der Waals surface area contributed by atoms with Gasteiger partial charge in [0.2, 0.25) is 11.9 Å². The van der Waals surface area contributed by atoms with Crippen molar-refractivity contribution in [2.75, 3.05) is 10.6 Å². The zero-order chi connectivity index (χ0) is 21.6. The van der Waals surface area contributed by atoms with Crippen molar-refractivity contribution in [3.63, 3.8) is 0 Å².